The first-order chi connectivity index (χ1) is 8.38. The Morgan fingerprint density at radius 3 is 2.56 bits per heavy atom. The zero-order valence-electron chi connectivity index (χ0n) is 12.1. The summed E-state index contributed by atoms with van der Waals surface area (Å²) in [5.41, 5.74) is -0.497. The van der Waals surface area contributed by atoms with Crippen LogP contribution in [0.1, 0.15) is 53.4 Å². The molecular formula is C14H26N2O2. The Hall–Kier alpha value is -0.900. The second kappa shape index (κ2) is 6.32. The molecule has 1 aliphatic rings. The highest BCUT2D eigenvalue weighted by atomic mass is 16.2. The number of rotatable bonds is 7. The summed E-state index contributed by atoms with van der Waals surface area (Å²) in [5, 5.41) is 3.41. The molecule has 1 aliphatic heterocycles. The van der Waals surface area contributed by atoms with E-state index in [4.69, 9.17) is 0 Å². The van der Waals surface area contributed by atoms with Crippen molar-refractivity contribution in [3.05, 3.63) is 0 Å². The number of carbonyl (C=O) groups excluding carboxylic acids is 2. The summed E-state index contributed by atoms with van der Waals surface area (Å²) in [4.78, 5) is 25.1. The maximum absolute atomic E-state index is 12.0. The molecule has 18 heavy (non-hydrogen) atoms. The minimum atomic E-state index is -0.497. The molecule has 0 aromatic heterocycles. The fourth-order valence-corrected chi connectivity index (χ4v) is 2.30. The van der Waals surface area contributed by atoms with E-state index < -0.39 is 5.41 Å². The van der Waals surface area contributed by atoms with Crippen LogP contribution in [0.3, 0.4) is 0 Å². The van der Waals surface area contributed by atoms with Crippen LogP contribution >= 0.6 is 0 Å². The first-order valence-electron chi connectivity index (χ1n) is 6.96. The monoisotopic (exact) mass is 254 g/mol. The van der Waals surface area contributed by atoms with Gasteiger partial charge < -0.3 is 5.32 Å². The van der Waals surface area contributed by atoms with Gasteiger partial charge in [-0.15, -0.1) is 0 Å². The molecule has 1 fully saturated rings. The van der Waals surface area contributed by atoms with Crippen LogP contribution in [0.5, 0.6) is 0 Å². The van der Waals surface area contributed by atoms with E-state index in [0.717, 1.165) is 25.8 Å². The highest BCUT2D eigenvalue weighted by Gasteiger charge is 2.44. The summed E-state index contributed by atoms with van der Waals surface area (Å²) in [6.45, 7) is 9.57. The molecule has 4 heteroatoms. The third-order valence-corrected chi connectivity index (χ3v) is 3.48. The van der Waals surface area contributed by atoms with E-state index in [1.165, 1.54) is 4.90 Å². The van der Waals surface area contributed by atoms with Crippen LogP contribution < -0.4 is 5.32 Å². The molecule has 1 saturated heterocycles. The lowest BCUT2D eigenvalue weighted by Crippen LogP contribution is -2.35. The van der Waals surface area contributed by atoms with Gasteiger partial charge in [-0.25, -0.2) is 0 Å². The van der Waals surface area contributed by atoms with Crippen LogP contribution in [-0.2, 0) is 9.59 Å². The Balaban J connectivity index is 2.32. The average molecular weight is 254 g/mol. The molecule has 0 aromatic rings. The Labute approximate surface area is 110 Å². The van der Waals surface area contributed by atoms with Crippen LogP contribution in [0.4, 0.5) is 0 Å². The third-order valence-electron chi connectivity index (χ3n) is 3.48. The number of likely N-dealkylation sites (tertiary alicyclic amines) is 1. The SMILES string of the molecule is CCCNC(C)CCCN1C(=O)CC(C)(C)C1=O. The molecule has 0 spiro atoms. The summed E-state index contributed by atoms with van der Waals surface area (Å²) in [5.74, 6) is -0.0270. The molecule has 4 nitrogen and oxygen atoms in total. The standard InChI is InChI=1S/C14H26N2O2/c1-5-8-15-11(2)7-6-9-16-12(17)10-14(3,4)13(16)18/h11,15H,5-10H2,1-4H3. The normalized spacial score (nSPS) is 20.6. The van der Waals surface area contributed by atoms with Gasteiger partial charge in [0.25, 0.3) is 0 Å². The largest absolute Gasteiger partial charge is 0.314 e. The molecule has 1 heterocycles. The van der Waals surface area contributed by atoms with Gasteiger partial charge in [0.05, 0.1) is 5.41 Å². The fraction of sp³-hybridized carbons (Fsp3) is 0.857. The van der Waals surface area contributed by atoms with Crippen molar-refractivity contribution in [2.75, 3.05) is 13.1 Å². The zero-order valence-corrected chi connectivity index (χ0v) is 12.1. The first-order valence-corrected chi connectivity index (χ1v) is 6.96. The molecular weight excluding hydrogens is 228 g/mol. The topological polar surface area (TPSA) is 49.4 Å². The second-order valence-corrected chi connectivity index (χ2v) is 5.91. The summed E-state index contributed by atoms with van der Waals surface area (Å²) in [7, 11) is 0. The van der Waals surface area contributed by atoms with Crippen molar-refractivity contribution in [3.63, 3.8) is 0 Å². The van der Waals surface area contributed by atoms with Crippen molar-refractivity contribution >= 4 is 11.8 Å². The van der Waals surface area contributed by atoms with Gasteiger partial charge in [-0.05, 0) is 32.7 Å². The lowest BCUT2D eigenvalue weighted by molar-refractivity contribution is -0.140. The molecule has 0 aromatic carbocycles. The maximum atomic E-state index is 12.0. The predicted octanol–water partition coefficient (Wildman–Crippen LogP) is 1.94. The molecule has 0 bridgehead atoms. The van der Waals surface area contributed by atoms with Crippen LogP contribution in [0.15, 0.2) is 0 Å². The number of hydrogen-bond donors (Lipinski definition) is 1. The zero-order chi connectivity index (χ0) is 13.8. The minimum absolute atomic E-state index is 0.0123. The Kier molecular flexibility index (Phi) is 5.32. The van der Waals surface area contributed by atoms with Crippen molar-refractivity contribution in [3.8, 4) is 0 Å². The fourth-order valence-electron chi connectivity index (χ4n) is 2.30. The molecule has 2 amide bonds. The van der Waals surface area contributed by atoms with Crippen molar-refractivity contribution in [2.45, 2.75) is 59.4 Å². The minimum Gasteiger partial charge on any atom is -0.314 e. The second-order valence-electron chi connectivity index (χ2n) is 5.91. The lowest BCUT2D eigenvalue weighted by Gasteiger charge is -2.19. The van der Waals surface area contributed by atoms with Crippen LogP contribution in [-0.4, -0.2) is 35.8 Å². The summed E-state index contributed by atoms with van der Waals surface area (Å²) < 4.78 is 0. The average Bonchev–Trinajstić information content (AvgIpc) is 2.48. The summed E-state index contributed by atoms with van der Waals surface area (Å²) >= 11 is 0. The number of nitrogens with zero attached hydrogens (tertiary/aromatic N) is 1. The Morgan fingerprint density at radius 2 is 2.06 bits per heavy atom. The van der Waals surface area contributed by atoms with E-state index in [1.807, 2.05) is 13.8 Å². The third kappa shape index (κ3) is 3.80. The van der Waals surface area contributed by atoms with E-state index in [0.29, 0.717) is 19.0 Å². The molecule has 0 radical (unpaired) electrons. The van der Waals surface area contributed by atoms with Gasteiger partial charge in [0.1, 0.15) is 0 Å². The van der Waals surface area contributed by atoms with Crippen molar-refractivity contribution in [1.82, 2.24) is 10.2 Å². The van der Waals surface area contributed by atoms with E-state index in [-0.39, 0.29) is 11.8 Å². The molecule has 1 rings (SSSR count). The molecule has 1 N–H and O–H groups in total. The van der Waals surface area contributed by atoms with Crippen LogP contribution in [0.2, 0.25) is 0 Å². The van der Waals surface area contributed by atoms with Crippen molar-refractivity contribution in [1.29, 1.82) is 0 Å². The number of imide groups is 1. The molecule has 1 unspecified atom stereocenters. The molecule has 1 atom stereocenters. The van der Waals surface area contributed by atoms with Crippen molar-refractivity contribution < 1.29 is 9.59 Å². The van der Waals surface area contributed by atoms with Gasteiger partial charge in [0.15, 0.2) is 0 Å². The van der Waals surface area contributed by atoms with Crippen LogP contribution in [0.25, 0.3) is 0 Å². The summed E-state index contributed by atoms with van der Waals surface area (Å²) in [6.07, 6.45) is 3.36. The van der Waals surface area contributed by atoms with Gasteiger partial charge >= 0.3 is 0 Å². The number of amides is 2. The number of carbonyl (C=O) groups is 2. The van der Waals surface area contributed by atoms with E-state index >= 15 is 0 Å². The van der Waals surface area contributed by atoms with E-state index in [2.05, 4.69) is 19.2 Å². The van der Waals surface area contributed by atoms with Crippen LogP contribution in [0, 0.1) is 5.41 Å². The number of hydrogen-bond acceptors (Lipinski definition) is 3. The summed E-state index contributed by atoms with van der Waals surface area (Å²) in [6, 6.07) is 0.450. The van der Waals surface area contributed by atoms with Gasteiger partial charge in [-0.1, -0.05) is 20.8 Å². The van der Waals surface area contributed by atoms with Gasteiger partial charge in [0, 0.05) is 19.0 Å². The van der Waals surface area contributed by atoms with Gasteiger partial charge in [-0.3, -0.25) is 14.5 Å². The van der Waals surface area contributed by atoms with Gasteiger partial charge in [-0.2, -0.15) is 0 Å². The quantitative estimate of drug-likeness (QED) is 0.706. The number of nitrogens with one attached hydrogen (secondary N) is 1. The smallest absolute Gasteiger partial charge is 0.235 e. The Bertz CT molecular complexity index is 313. The first kappa shape index (κ1) is 15.2. The highest BCUT2D eigenvalue weighted by molar-refractivity contribution is 6.05. The van der Waals surface area contributed by atoms with E-state index in [1.54, 1.807) is 0 Å². The molecule has 104 valence electrons. The Morgan fingerprint density at radius 1 is 1.39 bits per heavy atom. The van der Waals surface area contributed by atoms with Crippen molar-refractivity contribution in [2.24, 2.45) is 5.41 Å². The lowest BCUT2D eigenvalue weighted by atomic mass is 9.92. The van der Waals surface area contributed by atoms with E-state index in [9.17, 15) is 9.59 Å². The predicted molar refractivity (Wildman–Crippen MR) is 72.1 cm³/mol. The highest BCUT2D eigenvalue weighted by Crippen LogP contribution is 2.31. The molecule has 0 saturated carbocycles. The maximum Gasteiger partial charge on any atom is 0.235 e. The van der Waals surface area contributed by atoms with Gasteiger partial charge in [0.2, 0.25) is 11.8 Å². The molecule has 0 aliphatic carbocycles.